The Kier molecular flexibility index (Phi) is 6.82. The number of halogens is 3. The fourth-order valence-corrected chi connectivity index (χ4v) is 2.24. The summed E-state index contributed by atoms with van der Waals surface area (Å²) in [5, 5.41) is 5.99. The third-order valence-corrected chi connectivity index (χ3v) is 3.66. The van der Waals surface area contributed by atoms with Crippen molar-refractivity contribution >= 4 is 40.6 Å². The van der Waals surface area contributed by atoms with Crippen LogP contribution in [0.3, 0.4) is 0 Å². The largest absolute Gasteiger partial charge is 0.467 e. The Labute approximate surface area is 159 Å². The van der Waals surface area contributed by atoms with E-state index in [0.717, 1.165) is 0 Å². The number of nitrogens with one attached hydrogen (secondary N) is 1. The number of carbonyl (C=O) groups excluding carboxylic acids is 1. The molecule has 0 aliphatic rings. The van der Waals surface area contributed by atoms with Gasteiger partial charge in [-0.3, -0.25) is 0 Å². The van der Waals surface area contributed by atoms with Crippen molar-refractivity contribution in [1.29, 1.82) is 0 Å². The Bertz CT molecular complexity index is 808. The lowest BCUT2D eigenvalue weighted by atomic mass is 10.3. The van der Waals surface area contributed by atoms with Gasteiger partial charge in [0, 0.05) is 0 Å². The van der Waals surface area contributed by atoms with Crippen LogP contribution in [0.25, 0.3) is 0 Å². The van der Waals surface area contributed by atoms with Crippen molar-refractivity contribution in [3.05, 3.63) is 40.1 Å². The van der Waals surface area contributed by atoms with Gasteiger partial charge in [0.1, 0.15) is 15.8 Å². The van der Waals surface area contributed by atoms with E-state index in [9.17, 15) is 9.18 Å². The van der Waals surface area contributed by atoms with E-state index in [4.69, 9.17) is 32.4 Å². The van der Waals surface area contributed by atoms with Crippen LogP contribution < -0.4 is 10.1 Å². The van der Waals surface area contributed by atoms with Gasteiger partial charge in [0.25, 0.3) is 0 Å². The molecule has 2 rings (SSSR count). The maximum Gasteiger partial charge on any atom is 0.374 e. The highest BCUT2D eigenvalue weighted by Crippen LogP contribution is 2.38. The van der Waals surface area contributed by atoms with Crippen LogP contribution >= 0.6 is 23.2 Å². The first-order valence-electron chi connectivity index (χ1n) is 7.49. The lowest BCUT2D eigenvalue weighted by Gasteiger charge is -2.16. The van der Waals surface area contributed by atoms with Gasteiger partial charge < -0.3 is 19.3 Å². The Morgan fingerprint density at radius 1 is 1.42 bits per heavy atom. The molecule has 0 bridgehead atoms. The standard InChI is InChI=1S/C16H16Cl2FN3O4/c1-8(2)22-26-16(23)9(3)25-15-12(18)13(11(17)14(19)21-15)20-7-10-5-4-6-24-10/h4-6,9H,7H2,1-3H3,(H,20,21). The first-order chi connectivity index (χ1) is 12.3. The summed E-state index contributed by atoms with van der Waals surface area (Å²) in [5.74, 6) is -1.51. The van der Waals surface area contributed by atoms with Gasteiger partial charge in [0.05, 0.1) is 24.2 Å². The summed E-state index contributed by atoms with van der Waals surface area (Å²) in [7, 11) is 0. The van der Waals surface area contributed by atoms with Gasteiger partial charge in [-0.1, -0.05) is 28.4 Å². The van der Waals surface area contributed by atoms with E-state index in [1.807, 2.05) is 0 Å². The summed E-state index contributed by atoms with van der Waals surface area (Å²) in [6.45, 7) is 4.91. The zero-order valence-corrected chi connectivity index (χ0v) is 15.7. The monoisotopic (exact) mass is 403 g/mol. The van der Waals surface area contributed by atoms with E-state index >= 15 is 0 Å². The number of nitrogens with zero attached hydrogens (tertiary/aromatic N) is 2. The molecule has 0 radical (unpaired) electrons. The second-order valence-corrected chi connectivity index (χ2v) is 6.11. The zero-order valence-electron chi connectivity index (χ0n) is 14.2. The second-order valence-electron chi connectivity index (χ2n) is 5.35. The van der Waals surface area contributed by atoms with Crippen molar-refractivity contribution in [3.63, 3.8) is 0 Å². The minimum Gasteiger partial charge on any atom is -0.467 e. The van der Waals surface area contributed by atoms with Gasteiger partial charge >= 0.3 is 5.97 Å². The fraction of sp³-hybridized carbons (Fsp3) is 0.312. The number of furan rings is 1. The average Bonchev–Trinajstić information content (AvgIpc) is 3.10. The van der Waals surface area contributed by atoms with Gasteiger partial charge in [0.2, 0.25) is 11.8 Å². The first kappa shape index (κ1) is 20.0. The molecule has 1 N–H and O–H groups in total. The number of pyridine rings is 1. The SMILES string of the molecule is CC(C)=NOC(=O)C(C)Oc1nc(F)c(Cl)c(NCc2ccco2)c1Cl. The van der Waals surface area contributed by atoms with Crippen LogP contribution in [0.2, 0.25) is 10.0 Å². The Morgan fingerprint density at radius 3 is 2.77 bits per heavy atom. The van der Waals surface area contributed by atoms with Gasteiger partial charge in [-0.25, -0.2) is 4.79 Å². The van der Waals surface area contributed by atoms with Gasteiger partial charge in [-0.05, 0) is 32.9 Å². The Balaban J connectivity index is 2.18. The number of aromatic nitrogens is 1. The summed E-state index contributed by atoms with van der Waals surface area (Å²) >= 11 is 12.1. The van der Waals surface area contributed by atoms with Crippen molar-refractivity contribution in [2.75, 3.05) is 5.32 Å². The van der Waals surface area contributed by atoms with E-state index < -0.39 is 18.0 Å². The molecule has 2 heterocycles. The molecule has 0 saturated carbocycles. The van der Waals surface area contributed by atoms with Gasteiger partial charge in [-0.2, -0.15) is 9.37 Å². The number of hydrogen-bond donors (Lipinski definition) is 1. The molecule has 140 valence electrons. The number of oxime groups is 1. The number of anilines is 1. The molecule has 0 aromatic carbocycles. The summed E-state index contributed by atoms with van der Waals surface area (Å²) in [6, 6.07) is 3.42. The fourth-order valence-electron chi connectivity index (χ4n) is 1.74. The summed E-state index contributed by atoms with van der Waals surface area (Å²) < 4.78 is 24.5. The maximum absolute atomic E-state index is 14.0. The second kappa shape index (κ2) is 8.86. The van der Waals surface area contributed by atoms with Crippen molar-refractivity contribution in [3.8, 4) is 5.88 Å². The van der Waals surface area contributed by atoms with E-state index in [1.54, 1.807) is 26.0 Å². The number of carbonyl (C=O) groups is 1. The predicted molar refractivity (Wildman–Crippen MR) is 95.2 cm³/mol. The highest BCUT2D eigenvalue weighted by Gasteiger charge is 2.24. The van der Waals surface area contributed by atoms with Crippen molar-refractivity contribution in [2.24, 2.45) is 5.16 Å². The zero-order chi connectivity index (χ0) is 19.3. The first-order valence-corrected chi connectivity index (χ1v) is 8.24. The predicted octanol–water partition coefficient (Wildman–Crippen LogP) is 4.44. The minimum absolute atomic E-state index is 0.0650. The summed E-state index contributed by atoms with van der Waals surface area (Å²) in [5.41, 5.74) is 0.610. The minimum atomic E-state index is -1.12. The molecule has 1 unspecified atom stereocenters. The molecule has 1 atom stereocenters. The van der Waals surface area contributed by atoms with Crippen molar-refractivity contribution in [2.45, 2.75) is 33.4 Å². The van der Waals surface area contributed by atoms with Crippen LogP contribution in [-0.4, -0.2) is 22.8 Å². The molecule has 2 aromatic heterocycles. The molecular formula is C16H16Cl2FN3O4. The molecule has 7 nitrogen and oxygen atoms in total. The topological polar surface area (TPSA) is 86.0 Å². The molecule has 0 fully saturated rings. The Morgan fingerprint density at radius 2 is 2.15 bits per heavy atom. The van der Waals surface area contributed by atoms with Gasteiger partial charge in [0.15, 0.2) is 6.10 Å². The third kappa shape index (κ3) is 5.09. The molecule has 0 saturated heterocycles. The van der Waals surface area contributed by atoms with Crippen molar-refractivity contribution in [1.82, 2.24) is 4.98 Å². The number of hydrogen-bond acceptors (Lipinski definition) is 7. The molecule has 2 aromatic rings. The van der Waals surface area contributed by atoms with Crippen molar-refractivity contribution < 1.29 is 23.2 Å². The number of ether oxygens (including phenoxy) is 1. The number of rotatable bonds is 7. The lowest BCUT2D eigenvalue weighted by Crippen LogP contribution is -2.25. The van der Waals surface area contributed by atoms with E-state index in [1.165, 1.54) is 13.2 Å². The molecule has 0 spiro atoms. The summed E-state index contributed by atoms with van der Waals surface area (Å²) in [4.78, 5) is 20.0. The van der Waals surface area contributed by atoms with Crippen LogP contribution in [-0.2, 0) is 16.2 Å². The van der Waals surface area contributed by atoms with E-state index in [2.05, 4.69) is 20.3 Å². The van der Waals surface area contributed by atoms with Crippen LogP contribution in [0.15, 0.2) is 28.0 Å². The molecule has 10 heteroatoms. The highest BCUT2D eigenvalue weighted by molar-refractivity contribution is 6.39. The quantitative estimate of drug-likeness (QED) is 0.318. The molecular weight excluding hydrogens is 388 g/mol. The summed E-state index contributed by atoms with van der Waals surface area (Å²) in [6.07, 6.45) is 0.372. The van der Waals surface area contributed by atoms with E-state index in [-0.39, 0.29) is 28.2 Å². The lowest BCUT2D eigenvalue weighted by molar-refractivity contribution is -0.151. The van der Waals surface area contributed by atoms with Crippen LogP contribution in [0, 0.1) is 5.95 Å². The van der Waals surface area contributed by atoms with Crippen LogP contribution in [0.1, 0.15) is 26.5 Å². The third-order valence-electron chi connectivity index (χ3n) is 2.97. The van der Waals surface area contributed by atoms with E-state index in [0.29, 0.717) is 11.5 Å². The van der Waals surface area contributed by atoms with Crippen LogP contribution in [0.4, 0.5) is 10.1 Å². The molecule has 0 aliphatic heterocycles. The highest BCUT2D eigenvalue weighted by atomic mass is 35.5. The Hall–Kier alpha value is -2.32. The van der Waals surface area contributed by atoms with Gasteiger partial charge in [-0.15, -0.1) is 0 Å². The molecule has 0 aliphatic carbocycles. The van der Waals surface area contributed by atoms with Crippen LogP contribution in [0.5, 0.6) is 5.88 Å². The smallest absolute Gasteiger partial charge is 0.374 e. The normalized spacial score (nSPS) is 11.6. The maximum atomic E-state index is 14.0. The molecule has 26 heavy (non-hydrogen) atoms. The average molecular weight is 404 g/mol. The molecule has 0 amide bonds.